The highest BCUT2D eigenvalue weighted by Gasteiger charge is 2.20. The van der Waals surface area contributed by atoms with Crippen molar-refractivity contribution in [2.75, 3.05) is 6.61 Å². The van der Waals surface area contributed by atoms with Crippen molar-refractivity contribution in [3.63, 3.8) is 0 Å². The first-order chi connectivity index (χ1) is 8.44. The topological polar surface area (TPSA) is 47.6 Å². The zero-order valence-electron chi connectivity index (χ0n) is 11.4. The molecule has 1 heterocycles. The van der Waals surface area contributed by atoms with Gasteiger partial charge in [-0.15, -0.1) is 12.4 Å². The van der Waals surface area contributed by atoms with Crippen LogP contribution >= 0.6 is 12.4 Å². The molecule has 0 bridgehead atoms. The second-order valence-corrected chi connectivity index (χ2v) is 5.40. The summed E-state index contributed by atoms with van der Waals surface area (Å²) in [6.07, 6.45) is 0.451. The Morgan fingerprint density at radius 1 is 1.26 bits per heavy atom. The largest absolute Gasteiger partial charge is 0.488 e. The van der Waals surface area contributed by atoms with Crippen molar-refractivity contribution in [3.05, 3.63) is 29.8 Å². The average Bonchev–Trinajstić information content (AvgIpc) is 2.28. The zero-order valence-corrected chi connectivity index (χ0v) is 12.3. The van der Waals surface area contributed by atoms with Crippen molar-refractivity contribution in [2.45, 2.75) is 38.8 Å². The third kappa shape index (κ3) is 4.63. The molecular formula is C14H20ClNO3. The van der Waals surface area contributed by atoms with Crippen molar-refractivity contribution in [2.24, 2.45) is 0 Å². The van der Waals surface area contributed by atoms with Gasteiger partial charge < -0.3 is 14.8 Å². The first kappa shape index (κ1) is 15.6. The van der Waals surface area contributed by atoms with E-state index in [1.54, 1.807) is 0 Å². The minimum atomic E-state index is -0.346. The lowest BCUT2D eigenvalue weighted by Gasteiger charge is -2.25. The average molecular weight is 286 g/mol. The Labute approximate surface area is 119 Å². The Morgan fingerprint density at radius 3 is 2.42 bits per heavy atom. The molecule has 0 radical (unpaired) electrons. The van der Waals surface area contributed by atoms with Crippen molar-refractivity contribution < 1.29 is 14.3 Å². The number of carbonyl (C=O) groups excluding carboxylic acids is 1. The highest BCUT2D eigenvalue weighted by Crippen LogP contribution is 2.24. The molecule has 1 fully saturated rings. The van der Waals surface area contributed by atoms with E-state index in [9.17, 15) is 4.79 Å². The molecule has 1 amide bonds. The third-order valence-corrected chi connectivity index (χ3v) is 2.64. The maximum atomic E-state index is 11.1. The molecule has 0 spiro atoms. The summed E-state index contributed by atoms with van der Waals surface area (Å²) in [5.74, 6) is 0.838. The van der Waals surface area contributed by atoms with E-state index in [0.29, 0.717) is 6.61 Å². The maximum absolute atomic E-state index is 11.1. The van der Waals surface area contributed by atoms with E-state index in [0.717, 1.165) is 17.7 Å². The molecule has 19 heavy (non-hydrogen) atoms. The van der Waals surface area contributed by atoms with Gasteiger partial charge >= 0.3 is 6.09 Å². The van der Waals surface area contributed by atoms with Gasteiger partial charge in [0.05, 0.1) is 12.6 Å². The van der Waals surface area contributed by atoms with Gasteiger partial charge in [-0.2, -0.15) is 0 Å². The molecule has 106 valence electrons. The van der Waals surface area contributed by atoms with Crippen LogP contribution in [0, 0.1) is 0 Å². The van der Waals surface area contributed by atoms with Gasteiger partial charge in [0.2, 0.25) is 0 Å². The number of amides is 1. The first-order valence-electron chi connectivity index (χ1n) is 6.16. The molecule has 0 unspecified atom stereocenters. The molecule has 1 saturated heterocycles. The number of hydrogen-bond acceptors (Lipinski definition) is 3. The number of carbonyl (C=O) groups is 1. The van der Waals surface area contributed by atoms with E-state index >= 15 is 0 Å². The second kappa shape index (κ2) is 6.15. The van der Waals surface area contributed by atoms with E-state index in [2.05, 4.69) is 5.32 Å². The number of ether oxygens (including phenoxy) is 2. The molecule has 1 aromatic rings. The first-order valence-corrected chi connectivity index (χ1v) is 6.16. The van der Waals surface area contributed by atoms with Crippen molar-refractivity contribution in [1.82, 2.24) is 5.32 Å². The standard InChI is InChI=1S/C14H19NO3.ClH/c1-14(2,3)18-11-6-4-10(5-7-11)12-8-9-17-13(16)15-12;/h4-7,12H,8-9H2,1-3H3,(H,15,16);1H/t12-;/m0./s1. The fourth-order valence-electron chi connectivity index (χ4n) is 1.90. The Kier molecular flexibility index (Phi) is 5.06. The summed E-state index contributed by atoms with van der Waals surface area (Å²) in [6, 6.07) is 7.87. The lowest BCUT2D eigenvalue weighted by atomic mass is 10.0. The molecule has 1 aliphatic heterocycles. The number of halogens is 1. The maximum Gasteiger partial charge on any atom is 0.407 e. The van der Waals surface area contributed by atoms with E-state index in [1.807, 2.05) is 45.0 Å². The van der Waals surface area contributed by atoms with Crippen LogP contribution in [0.25, 0.3) is 0 Å². The lowest BCUT2D eigenvalue weighted by molar-refractivity contribution is 0.115. The molecule has 0 saturated carbocycles. The summed E-state index contributed by atoms with van der Waals surface area (Å²) in [5.41, 5.74) is 0.877. The van der Waals surface area contributed by atoms with Crippen LogP contribution in [-0.2, 0) is 4.74 Å². The smallest absolute Gasteiger partial charge is 0.407 e. The third-order valence-electron chi connectivity index (χ3n) is 2.64. The molecule has 0 aromatic heterocycles. The van der Waals surface area contributed by atoms with Crippen LogP contribution in [0.1, 0.15) is 38.8 Å². The van der Waals surface area contributed by atoms with Gasteiger partial charge in [0.1, 0.15) is 11.4 Å². The second-order valence-electron chi connectivity index (χ2n) is 5.40. The number of cyclic esters (lactones) is 1. The van der Waals surface area contributed by atoms with Crippen LogP contribution in [0.5, 0.6) is 5.75 Å². The Bertz CT molecular complexity index is 425. The van der Waals surface area contributed by atoms with Crippen molar-refractivity contribution in [3.8, 4) is 5.75 Å². The quantitative estimate of drug-likeness (QED) is 0.905. The SMILES string of the molecule is CC(C)(C)Oc1ccc([C@@H]2CCOC(=O)N2)cc1.Cl. The van der Waals surface area contributed by atoms with Gasteiger partial charge in [-0.3, -0.25) is 0 Å². The summed E-state index contributed by atoms with van der Waals surface area (Å²) < 4.78 is 10.6. The molecule has 4 nitrogen and oxygen atoms in total. The highest BCUT2D eigenvalue weighted by molar-refractivity contribution is 5.85. The summed E-state index contributed by atoms with van der Waals surface area (Å²) in [6.45, 7) is 6.51. The van der Waals surface area contributed by atoms with Gasteiger partial charge in [-0.05, 0) is 38.5 Å². The number of alkyl carbamates (subject to hydrolysis) is 1. The van der Waals surface area contributed by atoms with Gasteiger partial charge in [0.25, 0.3) is 0 Å². The molecule has 1 atom stereocenters. The van der Waals surface area contributed by atoms with E-state index in [1.165, 1.54) is 0 Å². The summed E-state index contributed by atoms with van der Waals surface area (Å²) in [4.78, 5) is 11.1. The normalized spacial score (nSPS) is 18.9. The fourth-order valence-corrected chi connectivity index (χ4v) is 1.90. The van der Waals surface area contributed by atoms with Crippen molar-refractivity contribution in [1.29, 1.82) is 0 Å². The van der Waals surface area contributed by atoms with E-state index < -0.39 is 0 Å². The number of nitrogens with one attached hydrogen (secondary N) is 1. The summed E-state index contributed by atoms with van der Waals surface area (Å²) in [5, 5.41) is 2.80. The molecular weight excluding hydrogens is 266 g/mol. The monoisotopic (exact) mass is 285 g/mol. The van der Waals surface area contributed by atoms with Gasteiger partial charge in [0.15, 0.2) is 0 Å². The predicted molar refractivity (Wildman–Crippen MR) is 75.9 cm³/mol. The molecule has 1 aromatic carbocycles. The Hall–Kier alpha value is -1.42. The summed E-state index contributed by atoms with van der Waals surface area (Å²) in [7, 11) is 0. The van der Waals surface area contributed by atoms with Crippen molar-refractivity contribution >= 4 is 18.5 Å². The van der Waals surface area contributed by atoms with Gasteiger partial charge in [0, 0.05) is 6.42 Å². The van der Waals surface area contributed by atoms with Gasteiger partial charge in [-0.25, -0.2) is 4.79 Å². The molecule has 1 aliphatic rings. The van der Waals surface area contributed by atoms with Crippen LogP contribution in [0.3, 0.4) is 0 Å². The highest BCUT2D eigenvalue weighted by atomic mass is 35.5. The van der Waals surface area contributed by atoms with Crippen LogP contribution in [0.4, 0.5) is 4.79 Å². The molecule has 2 rings (SSSR count). The number of hydrogen-bond donors (Lipinski definition) is 1. The van der Waals surface area contributed by atoms with E-state index in [-0.39, 0.29) is 30.1 Å². The zero-order chi connectivity index (χ0) is 13.2. The predicted octanol–water partition coefficient (Wildman–Crippen LogP) is 3.46. The Morgan fingerprint density at radius 2 is 1.89 bits per heavy atom. The fraction of sp³-hybridized carbons (Fsp3) is 0.500. The van der Waals surface area contributed by atoms with E-state index in [4.69, 9.17) is 9.47 Å². The minimum absolute atomic E-state index is 0. The number of benzene rings is 1. The molecule has 5 heteroatoms. The van der Waals surface area contributed by atoms with Crippen LogP contribution < -0.4 is 10.1 Å². The molecule has 1 N–H and O–H groups in total. The molecule has 0 aliphatic carbocycles. The number of rotatable bonds is 2. The van der Waals surface area contributed by atoms with Crippen LogP contribution in [0.15, 0.2) is 24.3 Å². The van der Waals surface area contributed by atoms with Crippen LogP contribution in [0.2, 0.25) is 0 Å². The van der Waals surface area contributed by atoms with Gasteiger partial charge in [-0.1, -0.05) is 12.1 Å². The summed E-state index contributed by atoms with van der Waals surface area (Å²) >= 11 is 0. The Balaban J connectivity index is 0.00000180. The van der Waals surface area contributed by atoms with Crippen LogP contribution in [-0.4, -0.2) is 18.3 Å². The minimum Gasteiger partial charge on any atom is -0.488 e. The lowest BCUT2D eigenvalue weighted by Crippen LogP contribution is -2.35.